The minimum atomic E-state index is -0.954. The van der Waals surface area contributed by atoms with E-state index in [1.54, 1.807) is 37.5 Å². The first-order valence-corrected chi connectivity index (χ1v) is 5.96. The first kappa shape index (κ1) is 14.0. The molecule has 0 fully saturated rings. The Bertz CT molecular complexity index is 576. The van der Waals surface area contributed by atoms with Gasteiger partial charge in [-0.1, -0.05) is 0 Å². The van der Waals surface area contributed by atoms with Gasteiger partial charge in [-0.3, -0.25) is 4.79 Å². The van der Waals surface area contributed by atoms with E-state index in [1.807, 2.05) is 0 Å². The second-order valence-corrected chi connectivity index (χ2v) is 4.32. The Morgan fingerprint density at radius 1 is 1.25 bits per heavy atom. The van der Waals surface area contributed by atoms with Crippen molar-refractivity contribution in [1.82, 2.24) is 0 Å². The summed E-state index contributed by atoms with van der Waals surface area (Å²) in [5.41, 5.74) is 5.79. The topological polar surface area (TPSA) is 86.3 Å². The number of benzene rings is 1. The Hall–Kier alpha value is -2.47. The molecule has 0 radical (unpaired) electrons. The third-order valence-corrected chi connectivity index (χ3v) is 2.64. The smallest absolute Gasteiger partial charge is 0.308 e. The number of methoxy groups -OCH3 is 1. The van der Waals surface area contributed by atoms with Gasteiger partial charge in [-0.15, -0.1) is 0 Å². The van der Waals surface area contributed by atoms with Gasteiger partial charge >= 0.3 is 5.97 Å². The molecule has 1 heterocycles. The molecule has 0 unspecified atom stereocenters. The summed E-state index contributed by atoms with van der Waals surface area (Å²) in [5.74, 6) is 0.632. The fraction of sp³-hybridized carbons (Fsp3) is 0.214. The zero-order valence-electron chi connectivity index (χ0n) is 11.2. The van der Waals surface area contributed by atoms with Crippen LogP contribution in [-0.4, -0.2) is 31.0 Å². The highest BCUT2D eigenvalue weighted by molar-refractivity contribution is 6.01. The number of rotatable bonds is 4. The molecular weight excluding hydrogens is 258 g/mol. The predicted octanol–water partition coefficient (Wildman–Crippen LogP) is 1.37. The lowest BCUT2D eigenvalue weighted by molar-refractivity contribution is -0.134. The minimum absolute atomic E-state index is 0.349. The Kier molecular flexibility index (Phi) is 3.95. The van der Waals surface area contributed by atoms with Gasteiger partial charge in [-0.2, -0.15) is 10.2 Å². The summed E-state index contributed by atoms with van der Waals surface area (Å²) in [6.07, 6.45) is 4.54. The molecule has 6 nitrogen and oxygen atoms in total. The van der Waals surface area contributed by atoms with E-state index in [0.717, 1.165) is 0 Å². The number of carbonyl (C=O) groups is 1. The van der Waals surface area contributed by atoms with Crippen molar-refractivity contribution in [3.63, 3.8) is 0 Å². The van der Waals surface area contributed by atoms with Gasteiger partial charge in [0.1, 0.15) is 17.0 Å². The van der Waals surface area contributed by atoms with Crippen LogP contribution in [0.3, 0.4) is 0 Å². The van der Waals surface area contributed by atoms with E-state index in [2.05, 4.69) is 10.2 Å². The first-order valence-electron chi connectivity index (χ1n) is 5.96. The molecule has 0 aliphatic carbocycles. The maximum absolute atomic E-state index is 11.2. The normalized spacial score (nSPS) is 16.2. The summed E-state index contributed by atoms with van der Waals surface area (Å²) in [6, 6.07) is 7.10. The molecule has 0 saturated heterocycles. The molecule has 0 atom stereocenters. The number of ether oxygens (including phenoxy) is 2. The zero-order chi connectivity index (χ0) is 14.6. The van der Waals surface area contributed by atoms with Crippen molar-refractivity contribution in [3.8, 4) is 5.75 Å². The molecule has 0 bridgehead atoms. The summed E-state index contributed by atoms with van der Waals surface area (Å²) in [5, 5.41) is 7.41. The second kappa shape index (κ2) is 5.66. The maximum atomic E-state index is 11.2. The second-order valence-electron chi connectivity index (χ2n) is 4.32. The molecule has 0 amide bonds. The molecule has 20 heavy (non-hydrogen) atoms. The molecule has 1 aliphatic heterocycles. The molecule has 0 spiro atoms. The van der Waals surface area contributed by atoms with Gasteiger partial charge in [0.25, 0.3) is 0 Å². The average molecular weight is 273 g/mol. The van der Waals surface area contributed by atoms with Crippen molar-refractivity contribution >= 4 is 24.2 Å². The Labute approximate surface area is 116 Å². The molecule has 0 saturated carbocycles. The Morgan fingerprint density at radius 3 is 2.35 bits per heavy atom. The standard InChI is InChI=1S/C14H15N3O3/c1-10(18)20-13(7-14(15)8-16-17-9-14)11-3-5-12(19-2)6-4-11/h3-9H,15H2,1-2H3. The third-order valence-electron chi connectivity index (χ3n) is 2.64. The fourth-order valence-corrected chi connectivity index (χ4v) is 1.68. The number of hydrogen-bond donors (Lipinski definition) is 1. The van der Waals surface area contributed by atoms with E-state index < -0.39 is 11.5 Å². The van der Waals surface area contributed by atoms with E-state index in [-0.39, 0.29) is 0 Å². The van der Waals surface area contributed by atoms with Crippen LogP contribution in [-0.2, 0) is 9.53 Å². The van der Waals surface area contributed by atoms with Crippen molar-refractivity contribution in [3.05, 3.63) is 35.9 Å². The summed E-state index contributed by atoms with van der Waals surface area (Å²) in [7, 11) is 1.58. The third kappa shape index (κ3) is 3.30. The average Bonchev–Trinajstić information content (AvgIpc) is 2.84. The van der Waals surface area contributed by atoms with Crippen molar-refractivity contribution in [2.75, 3.05) is 7.11 Å². The Morgan fingerprint density at radius 2 is 1.85 bits per heavy atom. The van der Waals surface area contributed by atoms with E-state index >= 15 is 0 Å². The molecule has 6 heteroatoms. The predicted molar refractivity (Wildman–Crippen MR) is 76.6 cm³/mol. The maximum Gasteiger partial charge on any atom is 0.308 e. The summed E-state index contributed by atoms with van der Waals surface area (Å²) in [4.78, 5) is 11.2. The van der Waals surface area contributed by atoms with Crippen LogP contribution in [0.4, 0.5) is 0 Å². The lowest BCUT2D eigenvalue weighted by atomic mass is 10.0. The number of hydrogen-bond acceptors (Lipinski definition) is 6. The van der Waals surface area contributed by atoms with Crippen LogP contribution in [0.15, 0.2) is 40.5 Å². The van der Waals surface area contributed by atoms with Crippen LogP contribution in [0.5, 0.6) is 5.75 Å². The SMILES string of the molecule is COc1ccc(C(=CC2(N)C=NN=C2)OC(C)=O)cc1. The number of carbonyl (C=O) groups excluding carboxylic acids is 1. The highest BCUT2D eigenvalue weighted by atomic mass is 16.5. The van der Waals surface area contributed by atoms with Crippen LogP contribution >= 0.6 is 0 Å². The van der Waals surface area contributed by atoms with Gasteiger partial charge < -0.3 is 15.2 Å². The summed E-state index contributed by atoms with van der Waals surface area (Å²) >= 11 is 0. The molecule has 2 N–H and O–H groups in total. The van der Waals surface area contributed by atoms with E-state index in [4.69, 9.17) is 15.2 Å². The van der Waals surface area contributed by atoms with Crippen LogP contribution in [0.25, 0.3) is 5.76 Å². The quantitative estimate of drug-likeness (QED) is 0.663. The molecular formula is C14H15N3O3. The largest absolute Gasteiger partial charge is 0.497 e. The summed E-state index contributed by atoms with van der Waals surface area (Å²) < 4.78 is 10.3. The van der Waals surface area contributed by atoms with Crippen molar-refractivity contribution < 1.29 is 14.3 Å². The van der Waals surface area contributed by atoms with Crippen molar-refractivity contribution in [1.29, 1.82) is 0 Å². The highest BCUT2D eigenvalue weighted by Crippen LogP contribution is 2.22. The fourth-order valence-electron chi connectivity index (χ4n) is 1.68. The van der Waals surface area contributed by atoms with E-state index in [0.29, 0.717) is 17.1 Å². The van der Waals surface area contributed by atoms with Crippen LogP contribution in [0.1, 0.15) is 12.5 Å². The van der Waals surface area contributed by atoms with Crippen LogP contribution in [0, 0.1) is 0 Å². The van der Waals surface area contributed by atoms with Gasteiger partial charge in [-0.05, 0) is 30.3 Å². The van der Waals surface area contributed by atoms with Gasteiger partial charge in [0.05, 0.1) is 19.5 Å². The molecule has 1 aromatic carbocycles. The van der Waals surface area contributed by atoms with E-state index in [1.165, 1.54) is 19.4 Å². The van der Waals surface area contributed by atoms with Gasteiger partial charge in [-0.25, -0.2) is 0 Å². The number of esters is 1. The molecule has 1 aliphatic rings. The summed E-state index contributed by atoms with van der Waals surface area (Å²) in [6.45, 7) is 1.33. The van der Waals surface area contributed by atoms with Crippen molar-refractivity contribution in [2.24, 2.45) is 15.9 Å². The molecule has 0 aromatic heterocycles. The van der Waals surface area contributed by atoms with Crippen LogP contribution < -0.4 is 10.5 Å². The van der Waals surface area contributed by atoms with Crippen molar-refractivity contribution in [2.45, 2.75) is 12.5 Å². The highest BCUT2D eigenvalue weighted by Gasteiger charge is 2.23. The lowest BCUT2D eigenvalue weighted by Crippen LogP contribution is -2.39. The lowest BCUT2D eigenvalue weighted by Gasteiger charge is -2.15. The molecule has 2 rings (SSSR count). The first-order chi connectivity index (χ1) is 9.52. The number of nitrogens with zero attached hydrogens (tertiary/aromatic N) is 2. The van der Waals surface area contributed by atoms with Gasteiger partial charge in [0.15, 0.2) is 0 Å². The van der Waals surface area contributed by atoms with Gasteiger partial charge in [0.2, 0.25) is 0 Å². The van der Waals surface area contributed by atoms with E-state index in [9.17, 15) is 4.79 Å². The molecule has 1 aromatic rings. The van der Waals surface area contributed by atoms with Crippen LogP contribution in [0.2, 0.25) is 0 Å². The molecule has 104 valence electrons. The minimum Gasteiger partial charge on any atom is -0.497 e. The Balaban J connectivity index is 2.36. The zero-order valence-corrected chi connectivity index (χ0v) is 11.2. The monoisotopic (exact) mass is 273 g/mol. The van der Waals surface area contributed by atoms with Gasteiger partial charge in [0, 0.05) is 12.5 Å². The number of nitrogens with two attached hydrogens (primary N) is 1.